The molecule has 1 N–H and O–H groups in total. The molecule has 5 nitrogen and oxygen atoms in total. The Morgan fingerprint density at radius 1 is 0.955 bits per heavy atom. The Bertz CT molecular complexity index is 988. The summed E-state index contributed by atoms with van der Waals surface area (Å²) in [6.07, 6.45) is 3.36. The second-order valence-electron chi connectivity index (χ2n) is 4.87. The maximum atomic E-state index is 12.9. The zero-order valence-electron chi connectivity index (χ0n) is 11.6. The fraction of sp³-hybridized carbons (Fsp3) is 0. The number of hydrogen-bond donors (Lipinski definition) is 1. The first-order valence-corrected chi connectivity index (χ1v) is 6.91. The summed E-state index contributed by atoms with van der Waals surface area (Å²) in [5.74, 6) is 1.06. The predicted octanol–water partition coefficient (Wildman–Crippen LogP) is 2.78. The first-order chi connectivity index (χ1) is 10.8. The summed E-state index contributed by atoms with van der Waals surface area (Å²) in [4.78, 5) is 24.8. The molecule has 0 aliphatic rings. The van der Waals surface area contributed by atoms with Gasteiger partial charge < -0.3 is 4.98 Å². The van der Waals surface area contributed by atoms with E-state index in [2.05, 4.69) is 15.0 Å². The van der Waals surface area contributed by atoms with E-state index in [4.69, 9.17) is 0 Å². The molecule has 0 spiro atoms. The highest BCUT2D eigenvalue weighted by atomic mass is 16.1. The Hall–Kier alpha value is -3.21. The molecular formula is C17H12N4O. The molecule has 0 radical (unpaired) electrons. The number of para-hydroxylation sites is 2. The number of rotatable bonds is 2. The van der Waals surface area contributed by atoms with Crippen LogP contribution in [0.25, 0.3) is 28.2 Å². The van der Waals surface area contributed by atoms with Gasteiger partial charge >= 0.3 is 0 Å². The lowest BCUT2D eigenvalue weighted by Crippen LogP contribution is -2.22. The van der Waals surface area contributed by atoms with Gasteiger partial charge in [0.1, 0.15) is 0 Å². The summed E-state index contributed by atoms with van der Waals surface area (Å²) in [5, 5.41) is 0.585. The van der Waals surface area contributed by atoms with Crippen LogP contribution in [0.2, 0.25) is 0 Å². The van der Waals surface area contributed by atoms with Crippen molar-refractivity contribution < 1.29 is 0 Å². The van der Waals surface area contributed by atoms with Crippen molar-refractivity contribution in [3.8, 4) is 17.3 Å². The van der Waals surface area contributed by atoms with E-state index >= 15 is 0 Å². The minimum absolute atomic E-state index is 0.108. The summed E-state index contributed by atoms with van der Waals surface area (Å²) in [7, 11) is 0. The summed E-state index contributed by atoms with van der Waals surface area (Å²) < 4.78 is 1.58. The molecule has 2 aromatic carbocycles. The summed E-state index contributed by atoms with van der Waals surface area (Å²) in [6.45, 7) is 0. The SMILES string of the molecule is O=c1c2ccccc2nc(-c2ncc[nH]2)n1-c1ccccc1. The topological polar surface area (TPSA) is 63.6 Å². The van der Waals surface area contributed by atoms with Crippen molar-refractivity contribution in [1.82, 2.24) is 19.5 Å². The Kier molecular flexibility index (Phi) is 2.83. The number of H-pyrrole nitrogens is 1. The maximum absolute atomic E-state index is 12.9. The molecule has 0 aliphatic heterocycles. The molecule has 0 saturated carbocycles. The highest BCUT2D eigenvalue weighted by Crippen LogP contribution is 2.18. The van der Waals surface area contributed by atoms with Gasteiger partial charge in [-0.2, -0.15) is 0 Å². The van der Waals surface area contributed by atoms with Crippen molar-refractivity contribution >= 4 is 10.9 Å². The molecule has 0 saturated heterocycles. The van der Waals surface area contributed by atoms with Crippen molar-refractivity contribution in [3.63, 3.8) is 0 Å². The van der Waals surface area contributed by atoms with Gasteiger partial charge in [0.2, 0.25) is 0 Å². The van der Waals surface area contributed by atoms with Gasteiger partial charge in [-0.15, -0.1) is 0 Å². The van der Waals surface area contributed by atoms with E-state index in [9.17, 15) is 4.79 Å². The van der Waals surface area contributed by atoms with Crippen molar-refractivity contribution in [3.05, 3.63) is 77.3 Å². The summed E-state index contributed by atoms with van der Waals surface area (Å²) >= 11 is 0. The van der Waals surface area contributed by atoms with Crippen LogP contribution in [-0.2, 0) is 0 Å². The average Bonchev–Trinajstić information content (AvgIpc) is 3.10. The Morgan fingerprint density at radius 2 is 1.73 bits per heavy atom. The van der Waals surface area contributed by atoms with Crippen LogP contribution in [0.3, 0.4) is 0 Å². The molecule has 22 heavy (non-hydrogen) atoms. The molecule has 0 amide bonds. The molecule has 0 aliphatic carbocycles. The van der Waals surface area contributed by atoms with E-state index in [0.29, 0.717) is 22.6 Å². The molecule has 106 valence electrons. The van der Waals surface area contributed by atoms with Crippen LogP contribution in [0.4, 0.5) is 0 Å². The van der Waals surface area contributed by atoms with Crippen molar-refractivity contribution in [1.29, 1.82) is 0 Å². The number of nitrogens with zero attached hydrogens (tertiary/aromatic N) is 3. The first kappa shape index (κ1) is 12.5. The first-order valence-electron chi connectivity index (χ1n) is 6.91. The zero-order valence-corrected chi connectivity index (χ0v) is 11.6. The largest absolute Gasteiger partial charge is 0.342 e. The van der Waals surface area contributed by atoms with Gasteiger partial charge in [0, 0.05) is 12.4 Å². The van der Waals surface area contributed by atoms with Crippen molar-refractivity contribution in [2.75, 3.05) is 0 Å². The van der Waals surface area contributed by atoms with E-state index in [1.165, 1.54) is 0 Å². The molecular weight excluding hydrogens is 276 g/mol. The number of benzene rings is 2. The molecule has 2 aromatic heterocycles. The van der Waals surface area contributed by atoms with Gasteiger partial charge in [0.15, 0.2) is 11.6 Å². The van der Waals surface area contributed by atoms with Crippen LogP contribution in [0, 0.1) is 0 Å². The van der Waals surface area contributed by atoms with Crippen LogP contribution in [0.1, 0.15) is 0 Å². The lowest BCUT2D eigenvalue weighted by molar-refractivity contribution is 0.957. The van der Waals surface area contributed by atoms with E-state index < -0.39 is 0 Å². The number of imidazole rings is 1. The molecule has 5 heteroatoms. The number of hydrogen-bond acceptors (Lipinski definition) is 3. The smallest absolute Gasteiger partial charge is 0.266 e. The summed E-state index contributed by atoms with van der Waals surface area (Å²) in [5.41, 5.74) is 1.31. The fourth-order valence-corrected chi connectivity index (χ4v) is 2.50. The number of fused-ring (bicyclic) bond motifs is 1. The second kappa shape index (κ2) is 4.96. The highest BCUT2D eigenvalue weighted by Gasteiger charge is 2.15. The Balaban J connectivity index is 2.15. The van der Waals surface area contributed by atoms with E-state index in [-0.39, 0.29) is 5.56 Å². The van der Waals surface area contributed by atoms with Crippen LogP contribution in [0.5, 0.6) is 0 Å². The summed E-state index contributed by atoms with van der Waals surface area (Å²) in [6, 6.07) is 16.8. The van der Waals surface area contributed by atoms with Crippen LogP contribution >= 0.6 is 0 Å². The van der Waals surface area contributed by atoms with Gasteiger partial charge in [-0.25, -0.2) is 9.97 Å². The van der Waals surface area contributed by atoms with Crippen molar-refractivity contribution in [2.24, 2.45) is 0 Å². The Morgan fingerprint density at radius 3 is 2.50 bits per heavy atom. The molecule has 4 aromatic rings. The zero-order chi connectivity index (χ0) is 14.9. The van der Waals surface area contributed by atoms with E-state index in [1.807, 2.05) is 48.5 Å². The van der Waals surface area contributed by atoms with E-state index in [0.717, 1.165) is 5.69 Å². The predicted molar refractivity (Wildman–Crippen MR) is 84.9 cm³/mol. The number of nitrogens with one attached hydrogen (secondary N) is 1. The van der Waals surface area contributed by atoms with Gasteiger partial charge in [-0.3, -0.25) is 9.36 Å². The molecule has 0 fully saturated rings. The van der Waals surface area contributed by atoms with Gasteiger partial charge in [-0.05, 0) is 24.3 Å². The van der Waals surface area contributed by atoms with Gasteiger partial charge in [-0.1, -0.05) is 30.3 Å². The van der Waals surface area contributed by atoms with Crippen molar-refractivity contribution in [2.45, 2.75) is 0 Å². The molecule has 0 atom stereocenters. The molecule has 0 bridgehead atoms. The standard InChI is InChI=1S/C17H12N4O/c22-17-13-8-4-5-9-14(13)20-16(15-18-10-11-19-15)21(17)12-6-2-1-3-7-12/h1-11H,(H,18,19). The third kappa shape index (κ3) is 1.91. The minimum atomic E-state index is -0.108. The molecule has 4 rings (SSSR count). The van der Waals surface area contributed by atoms with Gasteiger partial charge in [0.05, 0.1) is 16.6 Å². The number of aromatic nitrogens is 4. The average molecular weight is 288 g/mol. The lowest BCUT2D eigenvalue weighted by atomic mass is 10.2. The van der Waals surface area contributed by atoms with E-state index in [1.54, 1.807) is 23.0 Å². The third-order valence-corrected chi connectivity index (χ3v) is 3.50. The molecule has 0 unspecified atom stereocenters. The van der Waals surface area contributed by atoms with Crippen LogP contribution in [0.15, 0.2) is 71.8 Å². The minimum Gasteiger partial charge on any atom is -0.342 e. The Labute approximate surface area is 125 Å². The maximum Gasteiger partial charge on any atom is 0.266 e. The third-order valence-electron chi connectivity index (χ3n) is 3.50. The normalized spacial score (nSPS) is 10.9. The quantitative estimate of drug-likeness (QED) is 0.617. The fourth-order valence-electron chi connectivity index (χ4n) is 2.50. The number of aromatic amines is 1. The van der Waals surface area contributed by atoms with Crippen LogP contribution < -0.4 is 5.56 Å². The molecule has 2 heterocycles. The second-order valence-corrected chi connectivity index (χ2v) is 4.87. The monoisotopic (exact) mass is 288 g/mol. The lowest BCUT2D eigenvalue weighted by Gasteiger charge is -2.12. The van der Waals surface area contributed by atoms with Crippen LogP contribution in [-0.4, -0.2) is 19.5 Å². The van der Waals surface area contributed by atoms with Gasteiger partial charge in [0.25, 0.3) is 5.56 Å². The highest BCUT2D eigenvalue weighted by molar-refractivity contribution is 5.79.